The summed E-state index contributed by atoms with van der Waals surface area (Å²) in [6.45, 7) is 0.00138. The number of hydrogen-bond donors (Lipinski definition) is 2. The summed E-state index contributed by atoms with van der Waals surface area (Å²) in [5.74, 6) is 0.681. The number of nitrogens with one attached hydrogen (secondary N) is 2. The molecule has 0 saturated carbocycles. The average molecular weight is 347 g/mol. The van der Waals surface area contributed by atoms with Crippen LogP contribution in [-0.2, 0) is 16.0 Å². The molecule has 2 aromatic carbocycles. The van der Waals surface area contributed by atoms with Gasteiger partial charge >= 0.3 is 0 Å². The first kappa shape index (κ1) is 16.1. The van der Waals surface area contributed by atoms with Gasteiger partial charge in [0.15, 0.2) is 6.61 Å². The van der Waals surface area contributed by atoms with Crippen LogP contribution in [0.3, 0.4) is 0 Å². The molecule has 3 rings (SSSR count). The van der Waals surface area contributed by atoms with Gasteiger partial charge in [-0.3, -0.25) is 9.59 Å². The zero-order valence-electron chi connectivity index (χ0n) is 12.9. The summed E-state index contributed by atoms with van der Waals surface area (Å²) in [6.07, 6.45) is 0.138. The van der Waals surface area contributed by atoms with E-state index >= 15 is 0 Å². The van der Waals surface area contributed by atoms with Crippen LogP contribution in [0, 0.1) is 0 Å². The summed E-state index contributed by atoms with van der Waals surface area (Å²) in [4.78, 5) is 23.6. The van der Waals surface area contributed by atoms with Crippen LogP contribution in [0.15, 0.2) is 36.4 Å². The third-order valence-corrected chi connectivity index (χ3v) is 3.71. The zero-order chi connectivity index (χ0) is 17.1. The monoisotopic (exact) mass is 346 g/mol. The van der Waals surface area contributed by atoms with Crippen LogP contribution in [0.25, 0.3) is 0 Å². The molecule has 1 aliphatic heterocycles. The van der Waals surface area contributed by atoms with E-state index in [2.05, 4.69) is 10.6 Å². The number of carbonyl (C=O) groups excluding carboxylic acids is 2. The number of methoxy groups -OCH3 is 1. The van der Waals surface area contributed by atoms with E-state index in [-0.39, 0.29) is 24.8 Å². The van der Waals surface area contributed by atoms with E-state index in [0.29, 0.717) is 27.9 Å². The van der Waals surface area contributed by atoms with Gasteiger partial charge in [0.25, 0.3) is 5.91 Å². The number of benzene rings is 2. The first-order chi connectivity index (χ1) is 11.5. The van der Waals surface area contributed by atoms with Gasteiger partial charge in [-0.25, -0.2) is 0 Å². The number of anilines is 2. The molecule has 2 aromatic rings. The van der Waals surface area contributed by atoms with Crippen LogP contribution in [0.1, 0.15) is 5.56 Å². The zero-order valence-corrected chi connectivity index (χ0v) is 13.6. The van der Waals surface area contributed by atoms with E-state index in [4.69, 9.17) is 21.1 Å². The molecule has 0 spiro atoms. The van der Waals surface area contributed by atoms with Gasteiger partial charge in [-0.2, -0.15) is 0 Å². The molecule has 2 amide bonds. The summed E-state index contributed by atoms with van der Waals surface area (Å²) in [7, 11) is 1.52. The topological polar surface area (TPSA) is 76.7 Å². The highest BCUT2D eigenvalue weighted by Crippen LogP contribution is 2.30. The fraction of sp³-hybridized carbons (Fsp3) is 0.176. The standard InChI is InChI=1S/C17H15ClN2O4/c1-23-14-5-3-11(18)8-13(14)19-16(21)7-10-2-4-15-12(6-10)20-17(22)9-24-15/h2-6,8H,7,9H2,1H3,(H,19,21)(H,20,22). The number of ether oxygens (including phenoxy) is 2. The molecule has 1 heterocycles. The summed E-state index contributed by atoms with van der Waals surface area (Å²) in [5.41, 5.74) is 1.82. The quantitative estimate of drug-likeness (QED) is 0.892. The Balaban J connectivity index is 1.73. The lowest BCUT2D eigenvalue weighted by molar-refractivity contribution is -0.118. The van der Waals surface area contributed by atoms with Crippen molar-refractivity contribution in [1.82, 2.24) is 0 Å². The van der Waals surface area contributed by atoms with Gasteiger partial charge in [0, 0.05) is 5.02 Å². The van der Waals surface area contributed by atoms with Gasteiger partial charge in [-0.15, -0.1) is 0 Å². The highest BCUT2D eigenvalue weighted by atomic mass is 35.5. The van der Waals surface area contributed by atoms with E-state index in [1.165, 1.54) is 7.11 Å². The van der Waals surface area contributed by atoms with Gasteiger partial charge in [0.2, 0.25) is 5.91 Å². The number of halogens is 1. The fourth-order valence-corrected chi connectivity index (χ4v) is 2.57. The van der Waals surface area contributed by atoms with Crippen molar-refractivity contribution in [2.24, 2.45) is 0 Å². The molecule has 24 heavy (non-hydrogen) atoms. The Morgan fingerprint density at radius 2 is 2.17 bits per heavy atom. The number of carbonyl (C=O) groups is 2. The largest absolute Gasteiger partial charge is 0.495 e. The maximum Gasteiger partial charge on any atom is 0.262 e. The van der Waals surface area contributed by atoms with Gasteiger partial charge < -0.3 is 20.1 Å². The second kappa shape index (κ2) is 6.80. The first-order valence-electron chi connectivity index (χ1n) is 7.24. The summed E-state index contributed by atoms with van der Waals surface area (Å²) >= 11 is 5.95. The van der Waals surface area contributed by atoms with Gasteiger partial charge in [-0.05, 0) is 35.9 Å². The van der Waals surface area contributed by atoms with Crippen LogP contribution < -0.4 is 20.1 Å². The Kier molecular flexibility index (Phi) is 4.57. The lowest BCUT2D eigenvalue weighted by atomic mass is 10.1. The van der Waals surface area contributed by atoms with Gasteiger partial charge in [-0.1, -0.05) is 17.7 Å². The minimum absolute atomic E-state index is 0.00138. The number of fused-ring (bicyclic) bond motifs is 1. The SMILES string of the molecule is COc1ccc(Cl)cc1NC(=O)Cc1ccc2c(c1)NC(=O)CO2. The van der Waals surface area contributed by atoms with Crippen molar-refractivity contribution in [1.29, 1.82) is 0 Å². The normalized spacial score (nSPS) is 12.7. The molecule has 0 fully saturated rings. The number of rotatable bonds is 4. The Morgan fingerprint density at radius 3 is 2.96 bits per heavy atom. The van der Waals surface area contributed by atoms with Crippen molar-refractivity contribution in [3.8, 4) is 11.5 Å². The Hall–Kier alpha value is -2.73. The smallest absolute Gasteiger partial charge is 0.262 e. The van der Waals surface area contributed by atoms with Crippen molar-refractivity contribution >= 4 is 34.8 Å². The molecule has 0 saturated heterocycles. The molecular weight excluding hydrogens is 332 g/mol. The van der Waals surface area contributed by atoms with E-state index in [1.807, 2.05) is 0 Å². The van der Waals surface area contributed by atoms with Crippen LogP contribution in [0.4, 0.5) is 11.4 Å². The molecule has 6 nitrogen and oxygen atoms in total. The van der Waals surface area contributed by atoms with Gasteiger partial charge in [0.05, 0.1) is 24.9 Å². The Labute approximate surface area is 143 Å². The third-order valence-electron chi connectivity index (χ3n) is 3.48. The molecule has 1 aliphatic rings. The van der Waals surface area contributed by atoms with Crippen LogP contribution in [0.2, 0.25) is 5.02 Å². The summed E-state index contributed by atoms with van der Waals surface area (Å²) < 4.78 is 10.5. The first-order valence-corrected chi connectivity index (χ1v) is 7.62. The van der Waals surface area contributed by atoms with Crippen LogP contribution in [-0.4, -0.2) is 25.5 Å². The molecule has 7 heteroatoms. The van der Waals surface area contributed by atoms with Crippen molar-refractivity contribution in [2.45, 2.75) is 6.42 Å². The Bertz CT molecular complexity index is 807. The third kappa shape index (κ3) is 3.60. The fourth-order valence-electron chi connectivity index (χ4n) is 2.40. The van der Waals surface area contributed by atoms with Crippen LogP contribution >= 0.6 is 11.6 Å². The molecule has 0 unspecified atom stereocenters. The van der Waals surface area contributed by atoms with E-state index in [0.717, 1.165) is 5.56 Å². The maximum atomic E-state index is 12.3. The molecule has 0 aliphatic carbocycles. The lowest BCUT2D eigenvalue weighted by Gasteiger charge is -2.18. The number of amides is 2. The van der Waals surface area contributed by atoms with Crippen molar-refractivity contribution < 1.29 is 19.1 Å². The van der Waals surface area contributed by atoms with Crippen LogP contribution in [0.5, 0.6) is 11.5 Å². The minimum atomic E-state index is -0.224. The summed E-state index contributed by atoms with van der Waals surface area (Å²) in [5, 5.41) is 5.99. The second-order valence-electron chi connectivity index (χ2n) is 5.24. The predicted molar refractivity (Wildman–Crippen MR) is 90.9 cm³/mol. The molecule has 0 radical (unpaired) electrons. The molecular formula is C17H15ClN2O4. The predicted octanol–water partition coefficient (Wildman–Crippen LogP) is 2.86. The maximum absolute atomic E-state index is 12.3. The minimum Gasteiger partial charge on any atom is -0.495 e. The highest BCUT2D eigenvalue weighted by Gasteiger charge is 2.17. The van der Waals surface area contributed by atoms with Crippen molar-refractivity contribution in [2.75, 3.05) is 24.4 Å². The highest BCUT2D eigenvalue weighted by molar-refractivity contribution is 6.31. The van der Waals surface area contributed by atoms with Gasteiger partial charge in [0.1, 0.15) is 11.5 Å². The van der Waals surface area contributed by atoms with E-state index in [9.17, 15) is 9.59 Å². The Morgan fingerprint density at radius 1 is 1.33 bits per heavy atom. The van der Waals surface area contributed by atoms with E-state index in [1.54, 1.807) is 36.4 Å². The molecule has 2 N–H and O–H groups in total. The average Bonchev–Trinajstić information content (AvgIpc) is 2.54. The van der Waals surface area contributed by atoms with Crippen molar-refractivity contribution in [3.05, 3.63) is 47.0 Å². The van der Waals surface area contributed by atoms with Crippen molar-refractivity contribution in [3.63, 3.8) is 0 Å². The molecule has 124 valence electrons. The van der Waals surface area contributed by atoms with E-state index < -0.39 is 0 Å². The second-order valence-corrected chi connectivity index (χ2v) is 5.67. The molecule has 0 aromatic heterocycles. The number of hydrogen-bond acceptors (Lipinski definition) is 4. The summed E-state index contributed by atoms with van der Waals surface area (Å²) in [6, 6.07) is 10.2. The lowest BCUT2D eigenvalue weighted by Crippen LogP contribution is -2.25. The molecule has 0 bridgehead atoms. The molecule has 0 atom stereocenters.